The molecule has 0 saturated heterocycles. The van der Waals surface area contributed by atoms with E-state index in [4.69, 9.17) is 11.6 Å². The van der Waals surface area contributed by atoms with Crippen molar-refractivity contribution in [2.24, 2.45) is 0 Å². The second-order valence-corrected chi connectivity index (χ2v) is 4.88. The number of thiophene rings is 1. The molecule has 1 heterocycles. The number of hydrogen-bond donors (Lipinski definition) is 1. The average molecular weight is 266 g/mol. The van der Waals surface area contributed by atoms with Crippen LogP contribution in [0.3, 0.4) is 0 Å². The molecule has 2 nitrogen and oxygen atoms in total. The van der Waals surface area contributed by atoms with Gasteiger partial charge in [-0.25, -0.2) is 0 Å². The molecule has 0 atom stereocenters. The summed E-state index contributed by atoms with van der Waals surface area (Å²) in [4.78, 5) is 12.6. The van der Waals surface area contributed by atoms with Crippen molar-refractivity contribution < 1.29 is 4.79 Å². The molecule has 1 amide bonds. The molecule has 4 heteroatoms. The van der Waals surface area contributed by atoms with Gasteiger partial charge in [-0.2, -0.15) is 0 Å². The van der Waals surface area contributed by atoms with E-state index in [0.29, 0.717) is 12.4 Å². The fourth-order valence-electron chi connectivity index (χ4n) is 1.48. The Bertz CT molecular complexity index is 514. The summed E-state index contributed by atoms with van der Waals surface area (Å²) in [5, 5.41) is 3.93. The fourth-order valence-corrected chi connectivity index (χ4v) is 2.58. The van der Waals surface area contributed by atoms with Gasteiger partial charge in [-0.05, 0) is 17.5 Å². The smallest absolute Gasteiger partial charge is 0.261 e. The summed E-state index contributed by atoms with van der Waals surface area (Å²) in [6.07, 6.45) is 3.66. The quantitative estimate of drug-likeness (QED) is 0.666. The summed E-state index contributed by atoms with van der Waals surface area (Å²) in [5.41, 5.74) is 0. The average Bonchev–Trinajstić information content (AvgIpc) is 2.78. The van der Waals surface area contributed by atoms with Crippen molar-refractivity contribution in [2.45, 2.75) is 0 Å². The zero-order chi connectivity index (χ0) is 12.1. The van der Waals surface area contributed by atoms with Crippen LogP contribution in [0.25, 0.3) is 10.1 Å². The Morgan fingerprint density at radius 1 is 1.35 bits per heavy atom. The van der Waals surface area contributed by atoms with Gasteiger partial charge in [-0.3, -0.25) is 4.79 Å². The van der Waals surface area contributed by atoms with Crippen LogP contribution in [0, 0.1) is 0 Å². The van der Waals surface area contributed by atoms with E-state index in [1.54, 1.807) is 0 Å². The number of benzene rings is 1. The normalized spacial score (nSPS) is 11.1. The van der Waals surface area contributed by atoms with E-state index in [1.165, 1.54) is 11.3 Å². The van der Waals surface area contributed by atoms with Gasteiger partial charge < -0.3 is 5.32 Å². The SMILES string of the molecule is O=C(NC/C=C/CCl)c1cc2ccccc2s1. The van der Waals surface area contributed by atoms with E-state index in [0.717, 1.165) is 15.0 Å². The lowest BCUT2D eigenvalue weighted by Gasteiger charge is -1.97. The standard InChI is InChI=1S/C13H12ClNOS/c14-7-3-4-8-15-13(16)12-9-10-5-1-2-6-11(10)17-12/h1-6,9H,7-8H2,(H,15,16)/b4-3+. The molecule has 0 aliphatic heterocycles. The Labute approximate surface area is 109 Å². The van der Waals surface area contributed by atoms with E-state index >= 15 is 0 Å². The lowest BCUT2D eigenvalue weighted by Crippen LogP contribution is -2.22. The number of carbonyl (C=O) groups excluding carboxylic acids is 1. The second-order valence-electron chi connectivity index (χ2n) is 3.48. The molecule has 2 rings (SSSR count). The Balaban J connectivity index is 2.06. The van der Waals surface area contributed by atoms with Crippen LogP contribution in [0.1, 0.15) is 9.67 Å². The first-order valence-electron chi connectivity index (χ1n) is 5.29. The van der Waals surface area contributed by atoms with Crippen LogP contribution in [0.4, 0.5) is 0 Å². The number of hydrogen-bond acceptors (Lipinski definition) is 2. The van der Waals surface area contributed by atoms with Gasteiger partial charge in [-0.15, -0.1) is 22.9 Å². The van der Waals surface area contributed by atoms with Crippen molar-refractivity contribution in [2.75, 3.05) is 12.4 Å². The van der Waals surface area contributed by atoms with E-state index in [2.05, 4.69) is 5.32 Å². The summed E-state index contributed by atoms with van der Waals surface area (Å²) < 4.78 is 1.13. The van der Waals surface area contributed by atoms with E-state index < -0.39 is 0 Å². The van der Waals surface area contributed by atoms with Crippen molar-refractivity contribution in [3.05, 3.63) is 47.4 Å². The van der Waals surface area contributed by atoms with E-state index in [1.807, 2.05) is 42.5 Å². The number of allylic oxidation sites excluding steroid dienone is 1. The predicted octanol–water partition coefficient (Wildman–Crippen LogP) is 3.43. The molecular weight excluding hydrogens is 254 g/mol. The van der Waals surface area contributed by atoms with Crippen LogP contribution >= 0.6 is 22.9 Å². The van der Waals surface area contributed by atoms with Crippen LogP contribution in [0.15, 0.2) is 42.5 Å². The van der Waals surface area contributed by atoms with Crippen LogP contribution in [-0.2, 0) is 0 Å². The lowest BCUT2D eigenvalue weighted by molar-refractivity contribution is 0.0962. The number of fused-ring (bicyclic) bond motifs is 1. The number of rotatable bonds is 4. The Kier molecular flexibility index (Phi) is 4.18. The highest BCUT2D eigenvalue weighted by Crippen LogP contribution is 2.24. The molecule has 0 bridgehead atoms. The number of nitrogens with one attached hydrogen (secondary N) is 1. The number of amides is 1. The molecule has 0 spiro atoms. The maximum absolute atomic E-state index is 11.8. The van der Waals surface area contributed by atoms with Crippen molar-refractivity contribution in [3.8, 4) is 0 Å². The highest BCUT2D eigenvalue weighted by atomic mass is 35.5. The molecule has 88 valence electrons. The molecule has 17 heavy (non-hydrogen) atoms. The molecule has 0 radical (unpaired) electrons. The van der Waals surface area contributed by atoms with Crippen molar-refractivity contribution >= 4 is 38.9 Å². The summed E-state index contributed by atoms with van der Waals surface area (Å²) in [6.45, 7) is 0.514. The van der Waals surface area contributed by atoms with Gasteiger partial charge in [0.25, 0.3) is 5.91 Å². The fraction of sp³-hybridized carbons (Fsp3) is 0.154. The van der Waals surface area contributed by atoms with Gasteiger partial charge in [0.1, 0.15) is 0 Å². The highest BCUT2D eigenvalue weighted by Gasteiger charge is 2.08. The Morgan fingerprint density at radius 2 is 2.18 bits per heavy atom. The van der Waals surface area contributed by atoms with Gasteiger partial charge in [0.2, 0.25) is 0 Å². The summed E-state index contributed by atoms with van der Waals surface area (Å²) >= 11 is 7.00. The molecule has 1 aromatic carbocycles. The molecule has 0 unspecified atom stereocenters. The zero-order valence-electron chi connectivity index (χ0n) is 9.15. The zero-order valence-corrected chi connectivity index (χ0v) is 10.7. The van der Waals surface area contributed by atoms with Gasteiger partial charge >= 0.3 is 0 Å². The molecule has 1 N–H and O–H groups in total. The molecule has 1 aromatic heterocycles. The van der Waals surface area contributed by atoms with Gasteiger partial charge in [-0.1, -0.05) is 30.4 Å². The highest BCUT2D eigenvalue weighted by molar-refractivity contribution is 7.20. The lowest BCUT2D eigenvalue weighted by atomic mass is 10.2. The van der Waals surface area contributed by atoms with Gasteiger partial charge in [0.05, 0.1) is 4.88 Å². The number of halogens is 1. The monoisotopic (exact) mass is 265 g/mol. The first-order chi connectivity index (χ1) is 8.31. The largest absolute Gasteiger partial charge is 0.348 e. The second kappa shape index (κ2) is 5.84. The third kappa shape index (κ3) is 3.08. The molecule has 0 saturated carbocycles. The topological polar surface area (TPSA) is 29.1 Å². The van der Waals surface area contributed by atoms with Crippen molar-refractivity contribution in [1.82, 2.24) is 5.32 Å². The molecule has 0 aliphatic carbocycles. The Morgan fingerprint density at radius 3 is 2.94 bits per heavy atom. The summed E-state index contributed by atoms with van der Waals surface area (Å²) in [5.74, 6) is 0.434. The minimum atomic E-state index is -0.0366. The third-order valence-corrected chi connectivity index (χ3v) is 3.58. The van der Waals surface area contributed by atoms with Gasteiger partial charge in [0, 0.05) is 17.1 Å². The summed E-state index contributed by atoms with van der Waals surface area (Å²) in [7, 11) is 0. The molecule has 0 fully saturated rings. The van der Waals surface area contributed by atoms with Crippen LogP contribution in [0.5, 0.6) is 0 Å². The van der Waals surface area contributed by atoms with E-state index in [-0.39, 0.29) is 5.91 Å². The van der Waals surface area contributed by atoms with Gasteiger partial charge in [0.15, 0.2) is 0 Å². The minimum absolute atomic E-state index is 0.0366. The van der Waals surface area contributed by atoms with E-state index in [9.17, 15) is 4.79 Å². The van der Waals surface area contributed by atoms with Crippen LogP contribution < -0.4 is 5.32 Å². The predicted molar refractivity (Wildman–Crippen MR) is 74.0 cm³/mol. The maximum atomic E-state index is 11.8. The van der Waals surface area contributed by atoms with Crippen LogP contribution in [0.2, 0.25) is 0 Å². The van der Waals surface area contributed by atoms with Crippen molar-refractivity contribution in [1.29, 1.82) is 0 Å². The molecule has 2 aromatic rings. The molecule has 0 aliphatic rings. The maximum Gasteiger partial charge on any atom is 0.261 e. The minimum Gasteiger partial charge on any atom is -0.348 e. The number of alkyl halides is 1. The molecular formula is C13H12ClNOS. The third-order valence-electron chi connectivity index (χ3n) is 2.29. The van der Waals surface area contributed by atoms with Crippen molar-refractivity contribution in [3.63, 3.8) is 0 Å². The Hall–Kier alpha value is -1.32. The summed E-state index contributed by atoms with van der Waals surface area (Å²) in [6, 6.07) is 9.89. The first-order valence-corrected chi connectivity index (χ1v) is 6.64. The van der Waals surface area contributed by atoms with Crippen LogP contribution in [-0.4, -0.2) is 18.3 Å². The number of carbonyl (C=O) groups is 1. The first kappa shape index (κ1) is 12.1.